The number of nitrogens with one attached hydrogen (secondary N) is 1. The summed E-state index contributed by atoms with van der Waals surface area (Å²) in [6.07, 6.45) is 3.27. The van der Waals surface area contributed by atoms with Crippen molar-refractivity contribution in [3.05, 3.63) is 54.5 Å². The molecule has 1 aromatic carbocycles. The molecule has 14 heteroatoms. The molecule has 1 atom stereocenters. The monoisotopic (exact) mass is 618 g/mol. The number of amides is 2. The molecule has 1 unspecified atom stereocenters. The molecule has 0 spiro atoms. The third kappa shape index (κ3) is 7.48. The lowest BCUT2D eigenvalue weighted by Gasteiger charge is -2.45. The molecular weight excluding hydrogens is 585 g/mol. The first-order valence-corrected chi connectivity index (χ1v) is 14.3. The van der Waals surface area contributed by atoms with Crippen molar-refractivity contribution in [2.75, 3.05) is 41.4 Å². The Morgan fingerprint density at radius 2 is 1.95 bits per heavy atom. The molecule has 2 aliphatic rings. The fourth-order valence-electron chi connectivity index (χ4n) is 5.05. The van der Waals surface area contributed by atoms with Crippen LogP contribution in [0.4, 0.5) is 35.2 Å². The number of pyridine rings is 1. The Morgan fingerprint density at radius 1 is 1.14 bits per heavy atom. The Balaban J connectivity index is 1.29. The summed E-state index contributed by atoms with van der Waals surface area (Å²) < 4.78 is 56.4. The molecule has 0 saturated carbocycles. The van der Waals surface area contributed by atoms with E-state index in [0.717, 1.165) is 44.4 Å². The lowest BCUT2D eigenvalue weighted by atomic mass is 10.0. The van der Waals surface area contributed by atoms with Gasteiger partial charge in [-0.1, -0.05) is 12.1 Å². The van der Waals surface area contributed by atoms with Gasteiger partial charge in [0.15, 0.2) is 17.4 Å². The van der Waals surface area contributed by atoms with Gasteiger partial charge in [0.1, 0.15) is 5.75 Å². The van der Waals surface area contributed by atoms with Gasteiger partial charge in [-0.3, -0.25) is 14.1 Å². The van der Waals surface area contributed by atoms with Gasteiger partial charge < -0.3 is 19.7 Å². The number of halogens is 3. The number of piperidine rings is 1. The van der Waals surface area contributed by atoms with E-state index in [1.807, 2.05) is 0 Å². The molecule has 43 heavy (non-hydrogen) atoms. The van der Waals surface area contributed by atoms with Crippen LogP contribution in [-0.4, -0.2) is 59.1 Å². The molecule has 10 nitrogen and oxygen atoms in total. The van der Waals surface area contributed by atoms with Crippen LogP contribution in [0.15, 0.2) is 48.9 Å². The van der Waals surface area contributed by atoms with E-state index in [0.29, 0.717) is 42.7 Å². The van der Waals surface area contributed by atoms with Gasteiger partial charge >= 0.3 is 12.2 Å². The van der Waals surface area contributed by atoms with Crippen LogP contribution in [0.2, 0.25) is 0 Å². The number of fused-ring (bicyclic) bond motifs is 4. The number of thiol groups is 1. The number of aromatic nitrogens is 3. The molecule has 2 aromatic heterocycles. The molecule has 0 radical (unpaired) electrons. The van der Waals surface area contributed by atoms with Gasteiger partial charge in [-0.25, -0.2) is 14.8 Å². The molecule has 2 bridgehead atoms. The summed E-state index contributed by atoms with van der Waals surface area (Å²) in [5.74, 6) is 0.185. The zero-order valence-electron chi connectivity index (χ0n) is 23.8. The summed E-state index contributed by atoms with van der Waals surface area (Å²) in [5, 5.41) is 2.89. The van der Waals surface area contributed by atoms with Gasteiger partial charge in [-0.2, -0.15) is 13.2 Å². The number of hydrogen-bond acceptors (Lipinski definition) is 9. The zero-order valence-corrected chi connectivity index (χ0v) is 24.7. The highest BCUT2D eigenvalue weighted by Gasteiger charge is 2.39. The second-order valence-electron chi connectivity index (χ2n) is 10.8. The fraction of sp³-hybridized carbons (Fsp3) is 0.448. The standard InChI is InChI=1S/C29H33F3N6O4S/c1-28(2,42-43)41-12-4-3-11-40-23-14-21(15-33-16-23)35-27(39)38-22-9-6-10-37(18-22)24-17-34-25(36-26(24)38)19-7-5-8-20(13-19)29(30,31)32/h5,7-8,13-17,22,43H,3-4,6,9-12,18H2,1-2H3,(H,35,39). The number of unbranched alkanes of at least 4 members (excludes halogenated alkanes) is 1. The fourth-order valence-corrected chi connectivity index (χ4v) is 5.10. The number of anilines is 3. The van der Waals surface area contributed by atoms with Crippen LogP contribution >= 0.6 is 12.9 Å². The Bertz CT molecular complexity index is 1440. The van der Waals surface area contributed by atoms with Crippen molar-refractivity contribution in [2.24, 2.45) is 0 Å². The van der Waals surface area contributed by atoms with Crippen LogP contribution in [-0.2, 0) is 15.1 Å². The van der Waals surface area contributed by atoms with Crippen molar-refractivity contribution in [1.82, 2.24) is 15.0 Å². The summed E-state index contributed by atoms with van der Waals surface area (Å²) in [4.78, 5) is 30.6. The number of urea groups is 1. The number of hydrogen-bond donors (Lipinski definition) is 2. The minimum absolute atomic E-state index is 0.105. The average Bonchev–Trinajstić information content (AvgIpc) is 2.99. The van der Waals surface area contributed by atoms with Crippen LogP contribution in [0.25, 0.3) is 11.4 Å². The van der Waals surface area contributed by atoms with E-state index in [9.17, 15) is 18.0 Å². The predicted molar refractivity (Wildman–Crippen MR) is 158 cm³/mol. The van der Waals surface area contributed by atoms with Gasteiger partial charge in [0.05, 0.1) is 54.8 Å². The van der Waals surface area contributed by atoms with Crippen LogP contribution in [0.3, 0.4) is 0 Å². The van der Waals surface area contributed by atoms with Crippen LogP contribution in [0.1, 0.15) is 45.1 Å². The van der Waals surface area contributed by atoms with Crippen molar-refractivity contribution in [3.63, 3.8) is 0 Å². The number of alkyl halides is 3. The molecular formula is C29H33F3N6O4S. The predicted octanol–water partition coefficient (Wildman–Crippen LogP) is 6.35. The maximum atomic E-state index is 13.7. The number of carbonyl (C=O) groups is 1. The van der Waals surface area contributed by atoms with Crippen LogP contribution in [0, 0.1) is 0 Å². The van der Waals surface area contributed by atoms with Crippen LogP contribution in [0.5, 0.6) is 5.75 Å². The normalized spacial score (nSPS) is 16.6. The third-order valence-corrected chi connectivity index (χ3v) is 7.63. The van der Waals surface area contributed by atoms with E-state index < -0.39 is 23.6 Å². The molecule has 1 fully saturated rings. The summed E-state index contributed by atoms with van der Waals surface area (Å²) in [7, 11) is 0. The summed E-state index contributed by atoms with van der Waals surface area (Å²) in [5.41, 5.74) is 0.510. The smallest absolute Gasteiger partial charge is 0.416 e. The first-order chi connectivity index (χ1) is 20.5. The lowest BCUT2D eigenvalue weighted by molar-refractivity contribution is -0.145. The molecule has 4 heterocycles. The van der Waals surface area contributed by atoms with Gasteiger partial charge in [-0.05, 0) is 64.6 Å². The second kappa shape index (κ2) is 12.9. The average molecular weight is 619 g/mol. The van der Waals surface area contributed by atoms with E-state index in [1.165, 1.54) is 18.3 Å². The second-order valence-corrected chi connectivity index (χ2v) is 11.0. The highest BCUT2D eigenvalue weighted by atomic mass is 32.1. The largest absolute Gasteiger partial charge is 0.492 e. The summed E-state index contributed by atoms with van der Waals surface area (Å²) in [6, 6.07) is 5.94. The highest BCUT2D eigenvalue weighted by Crippen LogP contribution is 2.39. The van der Waals surface area contributed by atoms with Crippen molar-refractivity contribution < 1.29 is 31.6 Å². The molecule has 5 rings (SSSR count). The van der Waals surface area contributed by atoms with E-state index >= 15 is 0 Å². The minimum atomic E-state index is -4.50. The quantitative estimate of drug-likeness (QED) is 0.117. The van der Waals surface area contributed by atoms with Gasteiger partial charge in [-0.15, -0.1) is 0 Å². The molecule has 2 aliphatic heterocycles. The summed E-state index contributed by atoms with van der Waals surface area (Å²) >= 11 is 3.79. The minimum Gasteiger partial charge on any atom is -0.492 e. The molecule has 2 amide bonds. The third-order valence-electron chi connectivity index (χ3n) is 7.19. The van der Waals surface area contributed by atoms with Gasteiger partial charge in [0.25, 0.3) is 0 Å². The summed E-state index contributed by atoms with van der Waals surface area (Å²) in [6.45, 7) is 5.85. The number of rotatable bonds is 10. The Hall–Kier alpha value is -3.62. The zero-order chi connectivity index (χ0) is 30.6. The Kier molecular flexibility index (Phi) is 9.28. The van der Waals surface area contributed by atoms with Crippen molar-refractivity contribution >= 4 is 36.1 Å². The SMILES string of the molecule is CC(C)(OS)OCCCCOc1cncc(NC(=O)N2c3nc(-c4cccc(C(F)(F)F)c4)ncc3N3CCCC2C3)c1. The first-order valence-electron chi connectivity index (χ1n) is 14.0. The maximum Gasteiger partial charge on any atom is 0.416 e. The maximum absolute atomic E-state index is 13.7. The van der Waals surface area contributed by atoms with E-state index in [2.05, 4.69) is 38.1 Å². The molecule has 3 aromatic rings. The Morgan fingerprint density at radius 3 is 2.74 bits per heavy atom. The van der Waals surface area contributed by atoms with Gasteiger partial charge in [0, 0.05) is 24.7 Å². The number of benzene rings is 1. The molecule has 0 aliphatic carbocycles. The first kappa shape index (κ1) is 30.8. The molecule has 1 N–H and O–H groups in total. The van der Waals surface area contributed by atoms with Crippen molar-refractivity contribution in [3.8, 4) is 17.1 Å². The van der Waals surface area contributed by atoms with E-state index in [1.54, 1.807) is 37.2 Å². The number of ether oxygens (including phenoxy) is 2. The number of nitrogens with zero attached hydrogens (tertiary/aromatic N) is 5. The lowest BCUT2D eigenvalue weighted by Crippen LogP contribution is -2.56. The Labute approximate surface area is 253 Å². The van der Waals surface area contributed by atoms with Gasteiger partial charge in [0.2, 0.25) is 0 Å². The highest BCUT2D eigenvalue weighted by molar-refractivity contribution is 7.75. The van der Waals surface area contributed by atoms with Crippen molar-refractivity contribution in [1.29, 1.82) is 0 Å². The molecule has 1 saturated heterocycles. The topological polar surface area (TPSA) is 102 Å². The van der Waals surface area contributed by atoms with E-state index in [-0.39, 0.29) is 17.4 Å². The van der Waals surface area contributed by atoms with Crippen LogP contribution < -0.4 is 19.9 Å². The molecule has 230 valence electrons. The van der Waals surface area contributed by atoms with Crippen molar-refractivity contribution in [2.45, 2.75) is 57.5 Å². The van der Waals surface area contributed by atoms with E-state index in [4.69, 9.17) is 13.7 Å². The number of carbonyl (C=O) groups excluding carboxylic acids is 1.